The topological polar surface area (TPSA) is 38.5 Å². The summed E-state index contributed by atoms with van der Waals surface area (Å²) in [4.78, 5) is 2.16. The van der Waals surface area contributed by atoms with Crippen molar-refractivity contribution in [2.24, 2.45) is 5.73 Å². The summed E-state index contributed by atoms with van der Waals surface area (Å²) in [5.74, 6) is 0. The minimum absolute atomic E-state index is 0.360. The number of rotatable bonds is 3. The molecule has 1 rings (SSSR count). The lowest BCUT2D eigenvalue weighted by atomic mass is 10.0. The molecule has 0 aliphatic carbocycles. The van der Waals surface area contributed by atoms with Gasteiger partial charge in [0.25, 0.3) is 0 Å². The molecule has 0 spiro atoms. The summed E-state index contributed by atoms with van der Waals surface area (Å²) in [6, 6.07) is 0.394. The van der Waals surface area contributed by atoms with Crippen molar-refractivity contribution >= 4 is 0 Å². The lowest BCUT2D eigenvalue weighted by molar-refractivity contribution is -0.0282. The molecule has 0 amide bonds. The summed E-state index contributed by atoms with van der Waals surface area (Å²) < 4.78 is 5.67. The van der Waals surface area contributed by atoms with Gasteiger partial charge in [0.2, 0.25) is 0 Å². The van der Waals surface area contributed by atoms with Crippen LogP contribution in [0.25, 0.3) is 0 Å². The van der Waals surface area contributed by atoms with E-state index in [1.807, 2.05) is 0 Å². The summed E-state index contributed by atoms with van der Waals surface area (Å²) in [6.07, 6.45) is 4.02. The molecular weight excluding hydrogens is 152 g/mol. The van der Waals surface area contributed by atoms with Gasteiger partial charge in [-0.25, -0.2) is 0 Å². The summed E-state index contributed by atoms with van der Waals surface area (Å²) in [6.45, 7) is 1.60. The maximum absolute atomic E-state index is 5.68. The van der Waals surface area contributed by atoms with Gasteiger partial charge in [0.15, 0.2) is 0 Å². The Morgan fingerprint density at radius 1 is 1.50 bits per heavy atom. The van der Waals surface area contributed by atoms with Crippen molar-refractivity contribution in [3.63, 3.8) is 0 Å². The van der Waals surface area contributed by atoms with Crippen LogP contribution in [0.3, 0.4) is 0 Å². The molecule has 2 atom stereocenters. The summed E-state index contributed by atoms with van der Waals surface area (Å²) in [5.41, 5.74) is 5.68. The van der Waals surface area contributed by atoms with Gasteiger partial charge in [0, 0.05) is 19.2 Å². The van der Waals surface area contributed by atoms with E-state index in [0.29, 0.717) is 18.7 Å². The van der Waals surface area contributed by atoms with E-state index in [1.54, 1.807) is 0 Å². The molecule has 0 saturated carbocycles. The Labute approximate surface area is 74.9 Å². The van der Waals surface area contributed by atoms with Crippen LogP contribution in [0.5, 0.6) is 0 Å². The van der Waals surface area contributed by atoms with Crippen molar-refractivity contribution in [1.29, 1.82) is 0 Å². The molecule has 0 aromatic carbocycles. The van der Waals surface area contributed by atoms with Crippen molar-refractivity contribution in [3.8, 4) is 0 Å². The van der Waals surface area contributed by atoms with Crippen LogP contribution in [0.4, 0.5) is 0 Å². The van der Waals surface area contributed by atoms with E-state index in [4.69, 9.17) is 10.5 Å². The Bertz CT molecular complexity index is 122. The van der Waals surface area contributed by atoms with Crippen molar-refractivity contribution in [2.75, 3.05) is 27.2 Å². The first-order valence-corrected chi connectivity index (χ1v) is 4.74. The van der Waals surface area contributed by atoms with Crippen molar-refractivity contribution in [3.05, 3.63) is 0 Å². The Morgan fingerprint density at radius 2 is 2.25 bits per heavy atom. The maximum atomic E-state index is 5.68. The standard InChI is InChI=1S/C9H20N2O/c1-11(2)8(7-10)9-5-3-4-6-12-9/h8-9H,3-7,10H2,1-2H3. The van der Waals surface area contributed by atoms with Gasteiger partial charge in [-0.3, -0.25) is 0 Å². The third kappa shape index (κ3) is 2.44. The summed E-state index contributed by atoms with van der Waals surface area (Å²) in [5, 5.41) is 0. The van der Waals surface area contributed by atoms with Crippen LogP contribution in [0.1, 0.15) is 19.3 Å². The smallest absolute Gasteiger partial charge is 0.0742 e. The van der Waals surface area contributed by atoms with E-state index in [1.165, 1.54) is 19.3 Å². The highest BCUT2D eigenvalue weighted by Gasteiger charge is 2.24. The van der Waals surface area contributed by atoms with Gasteiger partial charge < -0.3 is 15.4 Å². The van der Waals surface area contributed by atoms with Gasteiger partial charge in [-0.1, -0.05) is 0 Å². The van der Waals surface area contributed by atoms with Crippen LogP contribution in [0, 0.1) is 0 Å². The second kappa shape index (κ2) is 4.80. The monoisotopic (exact) mass is 172 g/mol. The lowest BCUT2D eigenvalue weighted by Crippen LogP contribution is -2.46. The number of nitrogens with zero attached hydrogens (tertiary/aromatic N) is 1. The maximum Gasteiger partial charge on any atom is 0.0742 e. The molecule has 1 aliphatic heterocycles. The second-order valence-corrected chi connectivity index (χ2v) is 3.67. The fraction of sp³-hybridized carbons (Fsp3) is 1.00. The van der Waals surface area contributed by atoms with Crippen LogP contribution in [0.15, 0.2) is 0 Å². The van der Waals surface area contributed by atoms with Crippen LogP contribution >= 0.6 is 0 Å². The molecule has 0 aromatic heterocycles. The summed E-state index contributed by atoms with van der Waals surface area (Å²) in [7, 11) is 4.13. The highest BCUT2D eigenvalue weighted by atomic mass is 16.5. The Hall–Kier alpha value is -0.120. The lowest BCUT2D eigenvalue weighted by Gasteiger charge is -2.33. The van der Waals surface area contributed by atoms with Gasteiger partial charge in [-0.05, 0) is 33.4 Å². The molecule has 1 heterocycles. The third-order valence-electron chi connectivity index (χ3n) is 2.55. The van der Waals surface area contributed by atoms with Gasteiger partial charge in [0.1, 0.15) is 0 Å². The molecule has 12 heavy (non-hydrogen) atoms. The van der Waals surface area contributed by atoms with Crippen LogP contribution in [0.2, 0.25) is 0 Å². The molecule has 0 bridgehead atoms. The third-order valence-corrected chi connectivity index (χ3v) is 2.55. The molecule has 2 N–H and O–H groups in total. The predicted molar refractivity (Wildman–Crippen MR) is 50.1 cm³/mol. The average Bonchev–Trinajstić information content (AvgIpc) is 2.07. The van der Waals surface area contributed by atoms with Crippen LogP contribution in [-0.4, -0.2) is 44.3 Å². The van der Waals surface area contributed by atoms with Crippen LogP contribution in [-0.2, 0) is 4.74 Å². The predicted octanol–water partition coefficient (Wildman–Crippen LogP) is 0.444. The van der Waals surface area contributed by atoms with E-state index >= 15 is 0 Å². The zero-order valence-corrected chi connectivity index (χ0v) is 8.12. The van der Waals surface area contributed by atoms with E-state index in [0.717, 1.165) is 6.61 Å². The van der Waals surface area contributed by atoms with Gasteiger partial charge in [-0.15, -0.1) is 0 Å². The van der Waals surface area contributed by atoms with Crippen LogP contribution < -0.4 is 5.73 Å². The average molecular weight is 172 g/mol. The fourth-order valence-electron chi connectivity index (χ4n) is 1.76. The molecule has 72 valence electrons. The van der Waals surface area contributed by atoms with Gasteiger partial charge in [0.05, 0.1) is 6.10 Å². The van der Waals surface area contributed by atoms with E-state index in [-0.39, 0.29) is 0 Å². The first-order chi connectivity index (χ1) is 5.75. The quantitative estimate of drug-likeness (QED) is 0.671. The van der Waals surface area contributed by atoms with E-state index < -0.39 is 0 Å². The molecule has 2 unspecified atom stereocenters. The molecule has 0 aromatic rings. The molecule has 1 saturated heterocycles. The van der Waals surface area contributed by atoms with Crippen molar-refractivity contribution in [2.45, 2.75) is 31.4 Å². The fourth-order valence-corrected chi connectivity index (χ4v) is 1.76. The molecule has 3 nitrogen and oxygen atoms in total. The first-order valence-electron chi connectivity index (χ1n) is 4.74. The largest absolute Gasteiger partial charge is 0.377 e. The highest BCUT2D eigenvalue weighted by Crippen LogP contribution is 2.17. The Balaban J connectivity index is 2.40. The minimum atomic E-state index is 0.360. The van der Waals surface area contributed by atoms with E-state index in [2.05, 4.69) is 19.0 Å². The minimum Gasteiger partial charge on any atom is -0.377 e. The van der Waals surface area contributed by atoms with Crippen molar-refractivity contribution in [1.82, 2.24) is 4.90 Å². The number of hydrogen-bond acceptors (Lipinski definition) is 3. The second-order valence-electron chi connectivity index (χ2n) is 3.67. The number of hydrogen-bond donors (Lipinski definition) is 1. The summed E-state index contributed by atoms with van der Waals surface area (Å²) >= 11 is 0. The van der Waals surface area contributed by atoms with E-state index in [9.17, 15) is 0 Å². The Morgan fingerprint density at radius 3 is 2.67 bits per heavy atom. The SMILES string of the molecule is CN(C)C(CN)C1CCCCO1. The molecule has 3 heteroatoms. The zero-order chi connectivity index (χ0) is 8.97. The number of ether oxygens (including phenoxy) is 1. The van der Waals surface area contributed by atoms with Gasteiger partial charge in [-0.2, -0.15) is 0 Å². The zero-order valence-electron chi connectivity index (χ0n) is 8.12. The molecule has 0 radical (unpaired) electrons. The molecule has 1 fully saturated rings. The highest BCUT2D eigenvalue weighted by molar-refractivity contribution is 4.79. The molecular formula is C9H20N2O. The normalized spacial score (nSPS) is 27.5. The molecule has 1 aliphatic rings. The van der Waals surface area contributed by atoms with Gasteiger partial charge >= 0.3 is 0 Å². The van der Waals surface area contributed by atoms with Crippen molar-refractivity contribution < 1.29 is 4.74 Å². The number of nitrogens with two attached hydrogens (primary N) is 1. The Kier molecular flexibility index (Phi) is 3.98. The number of likely N-dealkylation sites (N-methyl/N-ethyl adjacent to an activating group) is 1. The first kappa shape index (κ1) is 9.96.